The number of hydrogen-bond donors (Lipinski definition) is 1. The first-order valence-corrected chi connectivity index (χ1v) is 15.4. The molecular weight excluding hydrogens is 530 g/mol. The van der Waals surface area contributed by atoms with Gasteiger partial charge in [-0.15, -0.1) is 0 Å². The number of carbonyl (C=O) groups excluding carboxylic acids is 1. The molecule has 0 saturated heterocycles. The van der Waals surface area contributed by atoms with Gasteiger partial charge in [-0.1, -0.05) is 25.1 Å². The molecule has 40 heavy (non-hydrogen) atoms. The molecule has 0 aromatic heterocycles. The molecule has 0 saturated carbocycles. The second kappa shape index (κ2) is 14.3. The third-order valence-electron chi connectivity index (χ3n) is 7.44. The number of ether oxygens (including phenoxy) is 2. The average molecular weight is 576 g/mol. The van der Waals surface area contributed by atoms with E-state index in [0.717, 1.165) is 24.9 Å². The van der Waals surface area contributed by atoms with E-state index in [-0.39, 0.29) is 42.5 Å². The van der Waals surface area contributed by atoms with Gasteiger partial charge in [-0.25, -0.2) is 8.42 Å². The number of aliphatic hydroxyl groups excluding tert-OH is 1. The molecule has 3 rings (SSSR count). The molecule has 0 fully saturated rings. The van der Waals surface area contributed by atoms with Crippen LogP contribution in [-0.2, 0) is 14.8 Å². The third-order valence-corrected chi connectivity index (χ3v) is 9.28. The first-order valence-electron chi connectivity index (χ1n) is 14.0. The Labute approximate surface area is 239 Å². The summed E-state index contributed by atoms with van der Waals surface area (Å²) >= 11 is 0. The monoisotopic (exact) mass is 575 g/mol. The zero-order valence-electron chi connectivity index (χ0n) is 24.6. The van der Waals surface area contributed by atoms with E-state index in [4.69, 9.17) is 9.47 Å². The molecule has 1 aliphatic heterocycles. The second-order valence-electron chi connectivity index (χ2n) is 11.0. The molecule has 10 heteroatoms. The quantitative estimate of drug-likeness (QED) is 0.535. The van der Waals surface area contributed by atoms with Crippen molar-refractivity contribution in [3.63, 3.8) is 0 Å². The highest BCUT2D eigenvalue weighted by Crippen LogP contribution is 2.29. The van der Waals surface area contributed by atoms with Gasteiger partial charge in [-0.3, -0.25) is 4.79 Å². The lowest BCUT2D eigenvalue weighted by Gasteiger charge is -2.35. The third kappa shape index (κ3) is 7.96. The molecule has 0 aliphatic carbocycles. The van der Waals surface area contributed by atoms with E-state index in [1.54, 1.807) is 49.2 Å². The molecule has 222 valence electrons. The molecule has 0 radical (unpaired) electrons. The minimum atomic E-state index is -3.72. The molecule has 1 heterocycles. The van der Waals surface area contributed by atoms with Crippen LogP contribution in [0.15, 0.2) is 53.4 Å². The summed E-state index contributed by atoms with van der Waals surface area (Å²) in [6.45, 7) is 6.40. The fourth-order valence-electron chi connectivity index (χ4n) is 4.78. The fraction of sp³-hybridized carbons (Fsp3) is 0.567. The number of carbonyl (C=O) groups is 1. The van der Waals surface area contributed by atoms with Crippen LogP contribution in [0.2, 0.25) is 0 Å². The minimum absolute atomic E-state index is 0.111. The Kier molecular flexibility index (Phi) is 11.4. The molecule has 2 aromatic rings. The van der Waals surface area contributed by atoms with Crippen LogP contribution in [-0.4, -0.2) is 94.3 Å². The Balaban J connectivity index is 1.96. The van der Waals surface area contributed by atoms with Gasteiger partial charge in [-0.2, -0.15) is 4.31 Å². The predicted molar refractivity (Wildman–Crippen MR) is 157 cm³/mol. The lowest BCUT2D eigenvalue weighted by molar-refractivity contribution is -0.00833. The number of anilines is 1. The molecule has 9 nitrogen and oxygen atoms in total. The van der Waals surface area contributed by atoms with Crippen molar-refractivity contribution in [1.82, 2.24) is 9.21 Å². The summed E-state index contributed by atoms with van der Waals surface area (Å²) in [4.78, 5) is 17.9. The van der Waals surface area contributed by atoms with Crippen LogP contribution in [0.1, 0.15) is 50.4 Å². The Morgan fingerprint density at radius 1 is 1.07 bits per heavy atom. The van der Waals surface area contributed by atoms with E-state index in [1.165, 1.54) is 4.31 Å². The van der Waals surface area contributed by atoms with E-state index >= 15 is 0 Å². The van der Waals surface area contributed by atoms with Crippen LogP contribution in [0.3, 0.4) is 0 Å². The normalized spacial score (nSPS) is 22.2. The zero-order valence-corrected chi connectivity index (χ0v) is 25.4. The number of aliphatic hydroxyl groups is 1. The van der Waals surface area contributed by atoms with Gasteiger partial charge in [0.15, 0.2) is 0 Å². The van der Waals surface area contributed by atoms with Gasteiger partial charge in [-0.05, 0) is 63.4 Å². The highest BCUT2D eigenvalue weighted by atomic mass is 32.2. The summed E-state index contributed by atoms with van der Waals surface area (Å²) in [7, 11) is 1.67. The van der Waals surface area contributed by atoms with E-state index in [0.29, 0.717) is 17.9 Å². The number of benzene rings is 2. The van der Waals surface area contributed by atoms with Crippen molar-refractivity contribution in [2.75, 3.05) is 52.3 Å². The smallest absolute Gasteiger partial charge is 0.258 e. The zero-order chi connectivity index (χ0) is 29.4. The lowest BCUT2D eigenvalue weighted by Crippen LogP contribution is -2.48. The Bertz CT molecular complexity index is 1210. The van der Waals surface area contributed by atoms with Crippen LogP contribution in [0.25, 0.3) is 0 Å². The van der Waals surface area contributed by atoms with Crippen molar-refractivity contribution in [1.29, 1.82) is 0 Å². The maximum Gasteiger partial charge on any atom is 0.258 e. The van der Waals surface area contributed by atoms with Crippen molar-refractivity contribution >= 4 is 21.6 Å². The number of fused-ring (bicyclic) bond motifs is 1. The van der Waals surface area contributed by atoms with Crippen LogP contribution >= 0.6 is 0 Å². The largest absolute Gasteiger partial charge is 0.490 e. The van der Waals surface area contributed by atoms with Crippen molar-refractivity contribution in [3.8, 4) is 5.75 Å². The number of likely N-dealkylation sites (N-methyl/N-ethyl adjacent to an activating group) is 1. The lowest BCUT2D eigenvalue weighted by atomic mass is 10.0. The summed E-state index contributed by atoms with van der Waals surface area (Å²) in [5, 5.41) is 10.1. The molecule has 4 atom stereocenters. The van der Waals surface area contributed by atoms with E-state index in [9.17, 15) is 18.3 Å². The van der Waals surface area contributed by atoms with Crippen molar-refractivity contribution < 1.29 is 27.8 Å². The van der Waals surface area contributed by atoms with E-state index in [2.05, 4.69) is 0 Å². The first kappa shape index (κ1) is 31.9. The fourth-order valence-corrected chi connectivity index (χ4v) is 5.98. The van der Waals surface area contributed by atoms with Gasteiger partial charge in [0.25, 0.3) is 5.91 Å². The minimum Gasteiger partial charge on any atom is -0.490 e. The summed E-state index contributed by atoms with van der Waals surface area (Å²) < 4.78 is 40.4. The molecular formula is C30H45N3O6S. The summed E-state index contributed by atoms with van der Waals surface area (Å²) in [5.74, 6) is 0.0412. The van der Waals surface area contributed by atoms with E-state index < -0.39 is 22.2 Å². The molecule has 0 spiro atoms. The Morgan fingerprint density at radius 2 is 1.77 bits per heavy atom. The number of nitrogens with zero attached hydrogens (tertiary/aromatic N) is 3. The number of amides is 1. The molecule has 0 bridgehead atoms. The number of hydrogen-bond acceptors (Lipinski definition) is 7. The SMILES string of the molecule is C[C@@H]1CCCCO[C@@H](CN(C)S(=O)(=O)c2ccccc2)[C@H](C)CN([C@H](C)CO)C(=O)c2cc(N(C)C)ccc2O1. The summed E-state index contributed by atoms with van der Waals surface area (Å²) in [6.07, 6.45) is 1.88. The molecule has 0 unspecified atom stereocenters. The van der Waals surface area contributed by atoms with Crippen molar-refractivity contribution in [2.24, 2.45) is 5.92 Å². The average Bonchev–Trinajstić information content (AvgIpc) is 2.94. The topological polar surface area (TPSA) is 99.6 Å². The van der Waals surface area contributed by atoms with Crippen LogP contribution in [0.4, 0.5) is 5.69 Å². The van der Waals surface area contributed by atoms with Gasteiger partial charge >= 0.3 is 0 Å². The maximum atomic E-state index is 14.1. The summed E-state index contributed by atoms with van der Waals surface area (Å²) in [6, 6.07) is 13.5. The molecule has 1 N–H and O–H groups in total. The molecule has 1 amide bonds. The van der Waals surface area contributed by atoms with Gasteiger partial charge < -0.3 is 24.4 Å². The second-order valence-corrected chi connectivity index (χ2v) is 13.0. The maximum absolute atomic E-state index is 14.1. The Morgan fingerprint density at radius 3 is 2.42 bits per heavy atom. The summed E-state index contributed by atoms with van der Waals surface area (Å²) in [5.41, 5.74) is 1.30. The van der Waals surface area contributed by atoms with Crippen LogP contribution in [0.5, 0.6) is 5.75 Å². The van der Waals surface area contributed by atoms with Gasteiger partial charge in [0.2, 0.25) is 10.0 Å². The molecule has 2 aromatic carbocycles. The van der Waals surface area contributed by atoms with Crippen LogP contribution in [0, 0.1) is 5.92 Å². The highest BCUT2D eigenvalue weighted by molar-refractivity contribution is 7.89. The number of rotatable bonds is 7. The molecule has 1 aliphatic rings. The van der Waals surface area contributed by atoms with Crippen molar-refractivity contribution in [2.45, 2.75) is 63.2 Å². The van der Waals surface area contributed by atoms with Gasteiger partial charge in [0.05, 0.1) is 35.3 Å². The Hall–Kier alpha value is -2.66. The predicted octanol–water partition coefficient (Wildman–Crippen LogP) is 3.87. The first-order chi connectivity index (χ1) is 18.9. The van der Waals surface area contributed by atoms with Crippen LogP contribution < -0.4 is 9.64 Å². The van der Waals surface area contributed by atoms with Crippen molar-refractivity contribution in [3.05, 3.63) is 54.1 Å². The standard InChI is InChI=1S/C30H45N3O6S/c1-22-19-33(23(2)21-34)30(35)27-18-25(31(4)5)15-16-28(27)39-24(3)12-10-11-17-38-29(22)20-32(6)40(36,37)26-13-8-7-9-14-26/h7-9,13-16,18,22-24,29,34H,10-12,17,19-21H2,1-6H3/t22-,23-,24-,29+/m1/s1. The van der Waals surface area contributed by atoms with Gasteiger partial charge in [0, 0.05) is 52.4 Å². The number of sulfonamides is 1. The van der Waals surface area contributed by atoms with E-state index in [1.807, 2.05) is 51.0 Å². The van der Waals surface area contributed by atoms with Gasteiger partial charge in [0.1, 0.15) is 5.75 Å². The highest BCUT2D eigenvalue weighted by Gasteiger charge is 2.32.